The lowest BCUT2D eigenvalue weighted by Gasteiger charge is -2.17. The molecule has 2 aromatic heterocycles. The summed E-state index contributed by atoms with van der Waals surface area (Å²) < 4.78 is 20.5. The molecule has 4 N–H and O–H groups in total. The van der Waals surface area contributed by atoms with Gasteiger partial charge >= 0.3 is 5.69 Å². The van der Waals surface area contributed by atoms with Crippen LogP contribution in [0.1, 0.15) is 12.6 Å². The average Bonchev–Trinajstić information content (AvgIpc) is 3.05. The van der Waals surface area contributed by atoms with Crippen molar-refractivity contribution in [2.45, 2.75) is 37.5 Å². The third kappa shape index (κ3) is 2.52. The van der Waals surface area contributed by atoms with Crippen molar-refractivity contribution in [3.63, 3.8) is 0 Å². The minimum absolute atomic E-state index is 0.0232. The molecule has 2 aromatic rings. The number of fused-ring (bicyclic) bond motifs is 1. The van der Waals surface area contributed by atoms with Gasteiger partial charge in [-0.1, -0.05) is 5.92 Å². The van der Waals surface area contributed by atoms with Gasteiger partial charge in [0.15, 0.2) is 11.9 Å². The zero-order valence-electron chi connectivity index (χ0n) is 12.5. The van der Waals surface area contributed by atoms with Gasteiger partial charge in [-0.15, -0.1) is 6.42 Å². The Kier molecular flexibility index (Phi) is 4.23. The quantitative estimate of drug-likeness (QED) is 0.597. The second-order valence-electron chi connectivity index (χ2n) is 5.47. The van der Waals surface area contributed by atoms with Gasteiger partial charge in [0, 0.05) is 6.42 Å². The van der Waals surface area contributed by atoms with Gasteiger partial charge in [0.05, 0.1) is 18.8 Å². The van der Waals surface area contributed by atoms with Crippen molar-refractivity contribution in [3.05, 3.63) is 16.7 Å². The number of ether oxygens (including phenoxy) is 1. The van der Waals surface area contributed by atoms with Crippen LogP contribution >= 0.6 is 0 Å². The summed E-state index contributed by atoms with van der Waals surface area (Å²) in [5.74, 6) is 2.29. The van der Waals surface area contributed by atoms with Crippen LogP contribution in [-0.2, 0) is 11.3 Å². The van der Waals surface area contributed by atoms with E-state index in [4.69, 9.17) is 16.9 Å². The minimum Gasteiger partial charge on any atom is -0.388 e. The molecule has 10 heteroatoms. The van der Waals surface area contributed by atoms with Gasteiger partial charge in [0.25, 0.3) is 0 Å². The maximum absolute atomic E-state index is 12.7. The lowest BCUT2D eigenvalue weighted by Crippen LogP contribution is -2.32. The molecule has 24 heavy (non-hydrogen) atoms. The molecule has 1 saturated heterocycles. The van der Waals surface area contributed by atoms with Crippen molar-refractivity contribution in [3.8, 4) is 12.3 Å². The van der Waals surface area contributed by atoms with E-state index < -0.39 is 36.9 Å². The number of nitrogens with two attached hydrogens (primary N) is 1. The number of hydrogen-bond donors (Lipinski definition) is 3. The van der Waals surface area contributed by atoms with Crippen LogP contribution in [0.25, 0.3) is 11.2 Å². The van der Waals surface area contributed by atoms with E-state index in [1.54, 1.807) is 0 Å². The number of hydrogen-bond acceptors (Lipinski definition) is 7. The van der Waals surface area contributed by atoms with E-state index >= 15 is 0 Å². The standard InChI is InChI=1S/C14H16FN5O4/c1-2-3-19-7-6-17-13(16)18-11(7)20(14(19)23)12-8(21)4-10(24-12)9(22)5-15/h1,6,8-10,12,21-22H,3-5H2,(H2,16,17,18)/t8-,9?,10+,12-/m1/s1. The topological polar surface area (TPSA) is 128 Å². The first kappa shape index (κ1) is 16.4. The zero-order valence-corrected chi connectivity index (χ0v) is 12.5. The summed E-state index contributed by atoms with van der Waals surface area (Å²) in [5, 5.41) is 19.8. The Balaban J connectivity index is 2.13. The first-order chi connectivity index (χ1) is 11.5. The maximum atomic E-state index is 12.7. The molecule has 128 valence electrons. The van der Waals surface area contributed by atoms with Crippen LogP contribution in [0.5, 0.6) is 0 Å². The Morgan fingerprint density at radius 3 is 3.04 bits per heavy atom. The fourth-order valence-electron chi connectivity index (χ4n) is 2.80. The number of nitrogens with zero attached hydrogens (tertiary/aromatic N) is 4. The number of aliphatic hydroxyl groups is 2. The van der Waals surface area contributed by atoms with Crippen LogP contribution in [0.2, 0.25) is 0 Å². The Morgan fingerprint density at radius 2 is 2.38 bits per heavy atom. The number of nitrogen functional groups attached to an aromatic ring is 1. The first-order valence-corrected chi connectivity index (χ1v) is 7.22. The molecule has 1 aliphatic heterocycles. The van der Waals surface area contributed by atoms with E-state index in [0.717, 1.165) is 4.57 Å². The van der Waals surface area contributed by atoms with Crippen LogP contribution in [-0.4, -0.2) is 54.3 Å². The van der Waals surface area contributed by atoms with Crippen LogP contribution < -0.4 is 11.4 Å². The first-order valence-electron chi connectivity index (χ1n) is 7.22. The molecule has 0 aromatic carbocycles. The normalized spacial score (nSPS) is 25.0. The summed E-state index contributed by atoms with van der Waals surface area (Å²) in [6.07, 6.45) is 2.01. The molecular formula is C14H16FN5O4. The highest BCUT2D eigenvalue weighted by Crippen LogP contribution is 2.31. The summed E-state index contributed by atoms with van der Waals surface area (Å²) in [6, 6.07) is 0. The summed E-state index contributed by atoms with van der Waals surface area (Å²) in [7, 11) is 0. The molecule has 1 aliphatic rings. The molecule has 0 radical (unpaired) electrons. The Hall–Kier alpha value is -2.48. The lowest BCUT2D eigenvalue weighted by atomic mass is 10.1. The predicted molar refractivity (Wildman–Crippen MR) is 81.5 cm³/mol. The van der Waals surface area contributed by atoms with Gasteiger partial charge in [-0.3, -0.25) is 4.57 Å². The highest BCUT2D eigenvalue weighted by molar-refractivity contribution is 5.72. The minimum atomic E-state index is -1.39. The molecule has 1 fully saturated rings. The lowest BCUT2D eigenvalue weighted by molar-refractivity contribution is -0.0797. The number of imidazole rings is 1. The average molecular weight is 337 g/mol. The number of halogens is 1. The van der Waals surface area contributed by atoms with E-state index in [-0.39, 0.29) is 24.6 Å². The van der Waals surface area contributed by atoms with Crippen molar-refractivity contribution >= 4 is 17.1 Å². The predicted octanol–water partition coefficient (Wildman–Crippen LogP) is -1.21. The van der Waals surface area contributed by atoms with Gasteiger partial charge in [-0.25, -0.2) is 18.7 Å². The van der Waals surface area contributed by atoms with Gasteiger partial charge in [-0.05, 0) is 0 Å². The number of rotatable bonds is 4. The molecule has 1 unspecified atom stereocenters. The number of aromatic nitrogens is 4. The Bertz CT molecular complexity index is 857. The molecule has 3 heterocycles. The smallest absolute Gasteiger partial charge is 0.333 e. The Labute approximate surface area is 135 Å². The SMILES string of the molecule is C#CCn1c(=O)n([C@@H]2O[C@H](C(O)CF)C[C@H]2O)c2nc(N)ncc21. The van der Waals surface area contributed by atoms with Crippen LogP contribution in [0.15, 0.2) is 11.0 Å². The molecule has 0 saturated carbocycles. The van der Waals surface area contributed by atoms with Gasteiger partial charge in [-0.2, -0.15) is 4.98 Å². The second kappa shape index (κ2) is 6.20. The van der Waals surface area contributed by atoms with Crippen LogP contribution in [0, 0.1) is 12.3 Å². The molecule has 0 bridgehead atoms. The Morgan fingerprint density at radius 1 is 1.62 bits per heavy atom. The van der Waals surface area contributed by atoms with Crippen molar-refractivity contribution in [1.29, 1.82) is 0 Å². The fourth-order valence-corrected chi connectivity index (χ4v) is 2.80. The second-order valence-corrected chi connectivity index (χ2v) is 5.47. The third-order valence-corrected chi connectivity index (χ3v) is 3.93. The third-order valence-electron chi connectivity index (χ3n) is 3.93. The summed E-state index contributed by atoms with van der Waals surface area (Å²) in [4.78, 5) is 20.5. The van der Waals surface area contributed by atoms with Crippen molar-refractivity contribution in [2.24, 2.45) is 0 Å². The van der Waals surface area contributed by atoms with Crippen molar-refractivity contribution in [1.82, 2.24) is 19.1 Å². The fraction of sp³-hybridized carbons (Fsp3) is 0.500. The van der Waals surface area contributed by atoms with Crippen LogP contribution in [0.3, 0.4) is 0 Å². The van der Waals surface area contributed by atoms with E-state index in [2.05, 4.69) is 15.9 Å². The van der Waals surface area contributed by atoms with Crippen molar-refractivity contribution < 1.29 is 19.3 Å². The molecule has 4 atom stereocenters. The summed E-state index contributed by atoms with van der Waals surface area (Å²) in [5.41, 5.74) is 5.48. The van der Waals surface area contributed by atoms with Crippen molar-refractivity contribution in [2.75, 3.05) is 12.4 Å². The number of alkyl halides is 1. The maximum Gasteiger partial charge on any atom is 0.333 e. The number of anilines is 1. The monoisotopic (exact) mass is 337 g/mol. The molecule has 0 spiro atoms. The number of aliphatic hydroxyl groups excluding tert-OH is 2. The number of terminal acetylenes is 1. The highest BCUT2D eigenvalue weighted by Gasteiger charge is 2.41. The van der Waals surface area contributed by atoms with E-state index in [1.807, 2.05) is 0 Å². The van der Waals surface area contributed by atoms with E-state index in [9.17, 15) is 19.4 Å². The molecule has 0 aliphatic carbocycles. The molecule has 0 amide bonds. The van der Waals surface area contributed by atoms with Gasteiger partial charge < -0.3 is 20.7 Å². The zero-order chi connectivity index (χ0) is 17.4. The molecule has 9 nitrogen and oxygen atoms in total. The highest BCUT2D eigenvalue weighted by atomic mass is 19.1. The molecular weight excluding hydrogens is 321 g/mol. The largest absolute Gasteiger partial charge is 0.388 e. The van der Waals surface area contributed by atoms with Gasteiger partial charge in [0.1, 0.15) is 24.4 Å². The summed E-state index contributed by atoms with van der Waals surface area (Å²) >= 11 is 0. The van der Waals surface area contributed by atoms with E-state index in [1.165, 1.54) is 10.8 Å². The van der Waals surface area contributed by atoms with Crippen LogP contribution in [0.4, 0.5) is 10.3 Å². The molecule has 3 rings (SSSR count). The summed E-state index contributed by atoms with van der Waals surface area (Å²) in [6.45, 7) is -1.05. The van der Waals surface area contributed by atoms with E-state index in [0.29, 0.717) is 5.52 Å². The van der Waals surface area contributed by atoms with Gasteiger partial charge in [0.2, 0.25) is 5.95 Å².